The van der Waals surface area contributed by atoms with Crippen LogP contribution in [0.15, 0.2) is 73.2 Å². The van der Waals surface area contributed by atoms with Gasteiger partial charge in [0.1, 0.15) is 5.75 Å². The number of benzene rings is 3. The van der Waals surface area contributed by atoms with Crippen LogP contribution in [0.5, 0.6) is 5.75 Å². The third kappa shape index (κ3) is 4.19. The molecule has 0 saturated carbocycles. The molecule has 0 radical (unpaired) electrons. The van der Waals surface area contributed by atoms with Crippen molar-refractivity contribution in [3.63, 3.8) is 0 Å². The molecule has 168 valence electrons. The summed E-state index contributed by atoms with van der Waals surface area (Å²) < 4.78 is 26.8. The molecule has 10 heteroatoms. The van der Waals surface area contributed by atoms with Gasteiger partial charge in [-0.3, -0.25) is 9.10 Å². The first-order valence-corrected chi connectivity index (χ1v) is 13.0. The zero-order valence-corrected chi connectivity index (χ0v) is 20.3. The number of ether oxygens (including phenoxy) is 1. The van der Waals surface area contributed by atoms with Crippen LogP contribution in [0, 0.1) is 0 Å². The Morgan fingerprint density at radius 1 is 1.22 bits per heavy atom. The SMILES string of the molecule is CN=S(=O)(c1ccc(Br)cc1)N(c1cc(SCC(=O)O)c(O)c2ccccc12)C1COC1. The molecule has 0 amide bonds. The van der Waals surface area contributed by atoms with Crippen LogP contribution in [0.25, 0.3) is 10.8 Å². The van der Waals surface area contributed by atoms with Crippen molar-refractivity contribution in [2.24, 2.45) is 4.36 Å². The molecule has 3 aromatic rings. The highest BCUT2D eigenvalue weighted by atomic mass is 79.9. The molecule has 1 fully saturated rings. The standard InChI is InChI=1S/C22H21BrN2O5S2/c1-24-32(29,16-8-6-14(23)7-9-16)25(15-11-30-12-15)19-10-20(31-13-21(26)27)22(28)18-5-3-2-4-17(18)19/h2-10,15,28H,11-13H2,1H3,(H,26,27). The second-order valence-electron chi connectivity index (χ2n) is 7.12. The predicted octanol–water partition coefficient (Wildman–Crippen LogP) is 4.76. The molecule has 1 atom stereocenters. The first-order valence-electron chi connectivity index (χ1n) is 9.72. The number of hydrogen-bond donors (Lipinski definition) is 2. The zero-order valence-electron chi connectivity index (χ0n) is 17.1. The van der Waals surface area contributed by atoms with Crippen molar-refractivity contribution in [2.75, 3.05) is 30.3 Å². The van der Waals surface area contributed by atoms with E-state index in [-0.39, 0.29) is 17.5 Å². The number of phenols is 1. The van der Waals surface area contributed by atoms with E-state index in [0.717, 1.165) is 16.2 Å². The Labute approximate surface area is 198 Å². The summed E-state index contributed by atoms with van der Waals surface area (Å²) >= 11 is 4.43. The highest BCUT2D eigenvalue weighted by Crippen LogP contribution is 2.44. The van der Waals surface area contributed by atoms with Crippen LogP contribution in [-0.2, 0) is 19.4 Å². The monoisotopic (exact) mass is 536 g/mol. The average Bonchev–Trinajstić information content (AvgIpc) is 2.76. The van der Waals surface area contributed by atoms with Crippen LogP contribution in [0.4, 0.5) is 5.69 Å². The Balaban J connectivity index is 1.97. The third-order valence-electron chi connectivity index (χ3n) is 5.13. The minimum Gasteiger partial charge on any atom is -0.506 e. The number of halogens is 1. The van der Waals surface area contributed by atoms with Crippen LogP contribution in [0.2, 0.25) is 0 Å². The molecule has 0 bridgehead atoms. The van der Waals surface area contributed by atoms with Crippen molar-refractivity contribution in [1.82, 2.24) is 0 Å². The maximum absolute atomic E-state index is 14.4. The summed E-state index contributed by atoms with van der Waals surface area (Å²) in [5.41, 5.74) is 0.609. The Hall–Kier alpha value is -2.27. The summed E-state index contributed by atoms with van der Waals surface area (Å²) in [7, 11) is -1.55. The van der Waals surface area contributed by atoms with E-state index >= 15 is 0 Å². The van der Waals surface area contributed by atoms with Gasteiger partial charge in [0, 0.05) is 22.3 Å². The zero-order chi connectivity index (χ0) is 22.9. The van der Waals surface area contributed by atoms with Crippen molar-refractivity contribution in [3.05, 3.63) is 59.1 Å². The lowest BCUT2D eigenvalue weighted by atomic mass is 10.1. The minimum atomic E-state index is -3.08. The van der Waals surface area contributed by atoms with Gasteiger partial charge in [0.25, 0.3) is 0 Å². The van der Waals surface area contributed by atoms with E-state index in [1.807, 2.05) is 24.3 Å². The first kappa shape index (κ1) is 22.9. The van der Waals surface area contributed by atoms with Crippen molar-refractivity contribution in [2.45, 2.75) is 15.8 Å². The second-order valence-corrected chi connectivity index (χ2v) is 11.3. The van der Waals surface area contributed by atoms with Crippen molar-refractivity contribution >= 4 is 60.0 Å². The van der Waals surface area contributed by atoms with Crippen molar-refractivity contribution in [3.8, 4) is 5.75 Å². The number of anilines is 1. The molecule has 2 N–H and O–H groups in total. The van der Waals surface area contributed by atoms with Gasteiger partial charge in [-0.25, -0.2) is 8.57 Å². The smallest absolute Gasteiger partial charge is 0.313 e. The number of fused-ring (bicyclic) bond motifs is 1. The molecule has 0 aliphatic carbocycles. The fourth-order valence-electron chi connectivity index (χ4n) is 3.56. The number of phenolic OH excluding ortho intramolecular Hbond substituents is 1. The summed E-state index contributed by atoms with van der Waals surface area (Å²) in [6.07, 6.45) is 0. The Morgan fingerprint density at radius 3 is 2.44 bits per heavy atom. The average molecular weight is 537 g/mol. The second kappa shape index (κ2) is 9.30. The number of carboxylic acids is 1. The maximum atomic E-state index is 14.4. The molecule has 7 nitrogen and oxygen atoms in total. The minimum absolute atomic E-state index is 0.00369. The lowest BCUT2D eigenvalue weighted by Gasteiger charge is -2.40. The normalized spacial score (nSPS) is 15.7. The van der Waals surface area contributed by atoms with E-state index in [4.69, 9.17) is 9.84 Å². The molecule has 1 unspecified atom stereocenters. The van der Waals surface area contributed by atoms with Gasteiger partial charge in [0.05, 0.1) is 40.5 Å². The van der Waals surface area contributed by atoms with Gasteiger partial charge in [-0.2, -0.15) is 0 Å². The van der Waals surface area contributed by atoms with Gasteiger partial charge in [-0.15, -0.1) is 11.8 Å². The number of nitrogens with zero attached hydrogens (tertiary/aromatic N) is 2. The fraction of sp³-hybridized carbons (Fsp3) is 0.227. The van der Waals surface area contributed by atoms with Gasteiger partial charge >= 0.3 is 5.97 Å². The number of rotatable bonds is 7. The molecule has 32 heavy (non-hydrogen) atoms. The van der Waals surface area contributed by atoms with Gasteiger partial charge < -0.3 is 14.9 Å². The Bertz CT molecular complexity index is 1290. The number of hydrogen-bond acceptors (Lipinski definition) is 6. The molecule has 1 aliphatic heterocycles. The van der Waals surface area contributed by atoms with Gasteiger partial charge in [0.2, 0.25) is 0 Å². The van der Waals surface area contributed by atoms with Crippen LogP contribution in [-0.4, -0.2) is 52.4 Å². The topological polar surface area (TPSA) is 99.4 Å². The van der Waals surface area contributed by atoms with Crippen molar-refractivity contribution in [1.29, 1.82) is 0 Å². The first-order chi connectivity index (χ1) is 15.3. The summed E-state index contributed by atoms with van der Waals surface area (Å²) in [6, 6.07) is 15.9. The molecule has 0 aromatic heterocycles. The lowest BCUT2D eigenvalue weighted by Crippen LogP contribution is -2.52. The molecule has 3 aromatic carbocycles. The largest absolute Gasteiger partial charge is 0.506 e. The highest BCUT2D eigenvalue weighted by Gasteiger charge is 2.36. The third-order valence-corrected chi connectivity index (χ3v) is 9.09. The summed E-state index contributed by atoms with van der Waals surface area (Å²) in [5, 5.41) is 21.2. The molecular weight excluding hydrogens is 516 g/mol. The predicted molar refractivity (Wildman–Crippen MR) is 130 cm³/mol. The van der Waals surface area contributed by atoms with Gasteiger partial charge in [0.15, 0.2) is 9.92 Å². The van der Waals surface area contributed by atoms with E-state index in [9.17, 15) is 14.1 Å². The summed E-state index contributed by atoms with van der Waals surface area (Å²) in [5.74, 6) is -1.20. The number of thioether (sulfide) groups is 1. The van der Waals surface area contributed by atoms with E-state index in [2.05, 4.69) is 20.3 Å². The van der Waals surface area contributed by atoms with E-state index in [1.54, 1.807) is 34.6 Å². The molecule has 1 saturated heterocycles. The Kier molecular flexibility index (Phi) is 6.66. The van der Waals surface area contributed by atoms with Crippen LogP contribution in [0.3, 0.4) is 0 Å². The van der Waals surface area contributed by atoms with Gasteiger partial charge in [-0.1, -0.05) is 40.2 Å². The van der Waals surface area contributed by atoms with Gasteiger partial charge in [-0.05, 0) is 30.3 Å². The highest BCUT2D eigenvalue weighted by molar-refractivity contribution is 9.10. The molecule has 4 rings (SSSR count). The van der Waals surface area contributed by atoms with Crippen LogP contribution < -0.4 is 4.31 Å². The molecule has 1 aliphatic rings. The number of carbonyl (C=O) groups is 1. The summed E-state index contributed by atoms with van der Waals surface area (Å²) in [4.78, 5) is 12.1. The van der Waals surface area contributed by atoms with Crippen LogP contribution >= 0.6 is 27.7 Å². The fourth-order valence-corrected chi connectivity index (χ4v) is 6.59. The lowest BCUT2D eigenvalue weighted by molar-refractivity contribution is -0.133. The van der Waals surface area contributed by atoms with E-state index in [1.165, 1.54) is 7.05 Å². The maximum Gasteiger partial charge on any atom is 0.313 e. The quantitative estimate of drug-likeness (QED) is 0.422. The number of aliphatic carboxylic acids is 1. The van der Waals surface area contributed by atoms with Crippen molar-refractivity contribution < 1.29 is 24.0 Å². The van der Waals surface area contributed by atoms with E-state index < -0.39 is 15.9 Å². The van der Waals surface area contributed by atoms with E-state index in [0.29, 0.717) is 39.5 Å². The number of aromatic hydroxyl groups is 1. The Morgan fingerprint density at radius 2 is 1.88 bits per heavy atom. The number of carboxylic acid groups (broad SMARTS) is 1. The summed E-state index contributed by atoms with van der Waals surface area (Å²) in [6.45, 7) is 0.770. The molecule has 0 spiro atoms. The molecular formula is C22H21BrN2O5S2. The van der Waals surface area contributed by atoms with Crippen LogP contribution in [0.1, 0.15) is 0 Å². The molecule has 1 heterocycles.